The molecule has 1 aliphatic rings. The third-order valence-corrected chi connectivity index (χ3v) is 3.18. The first kappa shape index (κ1) is 9.63. The van der Waals surface area contributed by atoms with E-state index in [0.29, 0.717) is 5.92 Å². The van der Waals surface area contributed by atoms with Gasteiger partial charge in [-0.05, 0) is 54.9 Å². The van der Waals surface area contributed by atoms with Crippen LogP contribution in [0.25, 0.3) is 0 Å². The van der Waals surface area contributed by atoms with Crippen LogP contribution in [0.5, 0.6) is 5.75 Å². The molecule has 0 aliphatic heterocycles. The molecule has 1 unspecified atom stereocenters. The second-order valence-corrected chi connectivity index (χ2v) is 4.23. The summed E-state index contributed by atoms with van der Waals surface area (Å²) in [5.74, 6) is 1.50. The summed E-state index contributed by atoms with van der Waals surface area (Å²) in [6.45, 7) is 4.34. The molecule has 14 heavy (non-hydrogen) atoms. The van der Waals surface area contributed by atoms with Gasteiger partial charge in [-0.25, -0.2) is 0 Å². The Balaban J connectivity index is 2.48. The highest BCUT2D eigenvalue weighted by Crippen LogP contribution is 2.34. The average Bonchev–Trinajstić information content (AvgIpc) is 2.19. The van der Waals surface area contributed by atoms with Crippen LogP contribution in [-0.2, 0) is 6.42 Å². The molecule has 0 fully saturated rings. The Bertz CT molecular complexity index is 346. The molecular formula is C12H15BO. The van der Waals surface area contributed by atoms with Gasteiger partial charge in [-0.2, -0.15) is 0 Å². The van der Waals surface area contributed by atoms with E-state index in [4.69, 9.17) is 12.7 Å². The second-order valence-electron chi connectivity index (χ2n) is 4.23. The van der Waals surface area contributed by atoms with Crippen LogP contribution in [0.2, 0.25) is 0 Å². The van der Waals surface area contributed by atoms with E-state index in [0.717, 1.165) is 17.7 Å². The lowest BCUT2D eigenvalue weighted by atomic mass is 9.83. The van der Waals surface area contributed by atoms with Crippen molar-refractivity contribution in [3.63, 3.8) is 0 Å². The number of aryl methyl sites for hydroxylation is 2. The standard InChI is InChI=1S/C12H15BO/c1-8-4-3-5-10-7-12(14-13)9(2)6-11(8)10/h6-8H,3-5H2,1-2H3. The van der Waals surface area contributed by atoms with Crippen molar-refractivity contribution in [1.29, 1.82) is 0 Å². The molecular weight excluding hydrogens is 171 g/mol. The Labute approximate surface area is 86.9 Å². The van der Waals surface area contributed by atoms with Gasteiger partial charge < -0.3 is 4.65 Å². The van der Waals surface area contributed by atoms with Crippen molar-refractivity contribution in [1.82, 2.24) is 0 Å². The van der Waals surface area contributed by atoms with Crippen molar-refractivity contribution in [3.8, 4) is 5.75 Å². The zero-order valence-electron chi connectivity index (χ0n) is 8.84. The Hall–Kier alpha value is -0.915. The smallest absolute Gasteiger partial charge is 0.374 e. The molecule has 1 aliphatic carbocycles. The Morgan fingerprint density at radius 2 is 2.21 bits per heavy atom. The molecule has 1 aromatic carbocycles. The summed E-state index contributed by atoms with van der Waals surface area (Å²) in [5.41, 5.74) is 4.03. The van der Waals surface area contributed by atoms with E-state index >= 15 is 0 Å². The zero-order valence-corrected chi connectivity index (χ0v) is 8.84. The van der Waals surface area contributed by atoms with Gasteiger partial charge in [0.15, 0.2) is 0 Å². The largest absolute Gasteiger partial charge is 0.568 e. The Morgan fingerprint density at radius 1 is 1.43 bits per heavy atom. The molecule has 0 saturated carbocycles. The summed E-state index contributed by atoms with van der Waals surface area (Å²) in [5, 5.41) is 0. The molecule has 0 amide bonds. The van der Waals surface area contributed by atoms with Crippen LogP contribution in [0.15, 0.2) is 12.1 Å². The summed E-state index contributed by atoms with van der Waals surface area (Å²) in [6.07, 6.45) is 3.74. The van der Waals surface area contributed by atoms with Gasteiger partial charge in [0.1, 0.15) is 5.75 Å². The van der Waals surface area contributed by atoms with Gasteiger partial charge in [-0.1, -0.05) is 13.0 Å². The third-order valence-electron chi connectivity index (χ3n) is 3.18. The van der Waals surface area contributed by atoms with Crippen molar-refractivity contribution >= 4 is 8.05 Å². The molecule has 2 rings (SSSR count). The highest BCUT2D eigenvalue weighted by Gasteiger charge is 2.17. The molecule has 1 aromatic rings. The molecule has 2 radical (unpaired) electrons. The molecule has 1 nitrogen and oxygen atoms in total. The maximum atomic E-state index is 5.22. The fourth-order valence-corrected chi connectivity index (χ4v) is 2.31. The topological polar surface area (TPSA) is 9.23 Å². The van der Waals surface area contributed by atoms with Gasteiger partial charge >= 0.3 is 8.05 Å². The van der Waals surface area contributed by atoms with E-state index in [-0.39, 0.29) is 0 Å². The Morgan fingerprint density at radius 3 is 2.93 bits per heavy atom. The minimum absolute atomic E-state index is 0.685. The summed E-state index contributed by atoms with van der Waals surface area (Å²) >= 11 is 0. The minimum atomic E-state index is 0.685. The van der Waals surface area contributed by atoms with Crippen LogP contribution in [-0.4, -0.2) is 8.05 Å². The van der Waals surface area contributed by atoms with Gasteiger partial charge in [0.25, 0.3) is 0 Å². The first-order chi connectivity index (χ1) is 6.72. The molecule has 0 bridgehead atoms. The fraction of sp³-hybridized carbons (Fsp3) is 0.500. The van der Waals surface area contributed by atoms with Crippen molar-refractivity contribution in [2.75, 3.05) is 0 Å². The van der Waals surface area contributed by atoms with Crippen molar-refractivity contribution in [2.45, 2.75) is 39.0 Å². The van der Waals surface area contributed by atoms with Crippen molar-refractivity contribution < 1.29 is 4.65 Å². The van der Waals surface area contributed by atoms with Gasteiger partial charge in [0.2, 0.25) is 0 Å². The monoisotopic (exact) mass is 186 g/mol. The number of benzene rings is 1. The van der Waals surface area contributed by atoms with E-state index in [9.17, 15) is 0 Å². The minimum Gasteiger partial charge on any atom is -0.568 e. The van der Waals surface area contributed by atoms with Gasteiger partial charge in [-0.15, -0.1) is 0 Å². The molecule has 2 heteroatoms. The normalized spacial score (nSPS) is 20.3. The molecule has 0 spiro atoms. The van der Waals surface area contributed by atoms with Crippen LogP contribution in [0.4, 0.5) is 0 Å². The zero-order chi connectivity index (χ0) is 10.1. The summed E-state index contributed by atoms with van der Waals surface area (Å²) in [4.78, 5) is 0. The molecule has 0 saturated heterocycles. The van der Waals surface area contributed by atoms with Crippen molar-refractivity contribution in [2.24, 2.45) is 0 Å². The lowest BCUT2D eigenvalue weighted by Gasteiger charge is -2.23. The van der Waals surface area contributed by atoms with Gasteiger partial charge in [-0.3, -0.25) is 0 Å². The number of rotatable bonds is 1. The van der Waals surface area contributed by atoms with E-state index in [2.05, 4.69) is 19.1 Å². The fourth-order valence-electron chi connectivity index (χ4n) is 2.31. The maximum Gasteiger partial charge on any atom is 0.374 e. The molecule has 0 aromatic heterocycles. The highest BCUT2D eigenvalue weighted by molar-refractivity contribution is 6.00. The average molecular weight is 186 g/mol. The van der Waals surface area contributed by atoms with E-state index in [1.165, 1.54) is 24.0 Å². The molecule has 72 valence electrons. The van der Waals surface area contributed by atoms with Crippen molar-refractivity contribution in [3.05, 3.63) is 28.8 Å². The number of fused-ring (bicyclic) bond motifs is 1. The first-order valence-corrected chi connectivity index (χ1v) is 5.22. The van der Waals surface area contributed by atoms with Crippen LogP contribution in [0.3, 0.4) is 0 Å². The quantitative estimate of drug-likeness (QED) is 0.612. The maximum absolute atomic E-state index is 5.22. The summed E-state index contributed by atoms with van der Waals surface area (Å²) in [7, 11) is 5.22. The van der Waals surface area contributed by atoms with E-state index < -0.39 is 0 Å². The second kappa shape index (κ2) is 3.68. The predicted octanol–water partition coefficient (Wildman–Crippen LogP) is 2.90. The molecule has 1 atom stereocenters. The lowest BCUT2D eigenvalue weighted by molar-refractivity contribution is 0.574. The van der Waals surface area contributed by atoms with Crippen LogP contribution >= 0.6 is 0 Å². The predicted molar refractivity (Wildman–Crippen MR) is 58.9 cm³/mol. The first-order valence-electron chi connectivity index (χ1n) is 5.22. The van der Waals surface area contributed by atoms with Crippen LogP contribution in [0.1, 0.15) is 42.4 Å². The number of hydrogen-bond acceptors (Lipinski definition) is 1. The van der Waals surface area contributed by atoms with Crippen LogP contribution < -0.4 is 4.65 Å². The summed E-state index contributed by atoms with van der Waals surface area (Å²) in [6, 6.07) is 4.32. The van der Waals surface area contributed by atoms with E-state index in [1.54, 1.807) is 0 Å². The number of hydrogen-bond donors (Lipinski definition) is 0. The SMILES string of the molecule is [B]Oc1cc2c(cc1C)C(C)CCC2. The van der Waals surface area contributed by atoms with Gasteiger partial charge in [0, 0.05) is 0 Å². The van der Waals surface area contributed by atoms with Gasteiger partial charge in [0.05, 0.1) is 0 Å². The highest BCUT2D eigenvalue weighted by atomic mass is 16.4. The third kappa shape index (κ3) is 1.54. The summed E-state index contributed by atoms with van der Waals surface area (Å²) < 4.78 is 4.85. The lowest BCUT2D eigenvalue weighted by Crippen LogP contribution is -2.08. The molecule has 0 heterocycles. The Kier molecular flexibility index (Phi) is 2.53. The van der Waals surface area contributed by atoms with E-state index in [1.807, 2.05) is 6.92 Å². The van der Waals surface area contributed by atoms with Crippen LogP contribution in [0, 0.1) is 6.92 Å². The molecule has 0 N–H and O–H groups in total.